The minimum Gasteiger partial charge on any atom is -0.385 e. The van der Waals surface area contributed by atoms with E-state index >= 15 is 0 Å². The third kappa shape index (κ3) is 3.39. The SMILES string of the molecule is COCCCC(CCN)c1nn[nH]n1. The minimum atomic E-state index is 0.300. The van der Waals surface area contributed by atoms with Gasteiger partial charge in [0.05, 0.1) is 0 Å². The fourth-order valence-electron chi connectivity index (χ4n) is 1.42. The molecule has 1 heterocycles. The Balaban J connectivity index is 2.39. The summed E-state index contributed by atoms with van der Waals surface area (Å²) in [5, 5.41) is 13.9. The van der Waals surface area contributed by atoms with Crippen LogP contribution in [0.5, 0.6) is 0 Å². The van der Waals surface area contributed by atoms with E-state index in [1.54, 1.807) is 7.11 Å². The maximum absolute atomic E-state index is 5.52. The molecule has 0 amide bonds. The highest BCUT2D eigenvalue weighted by Gasteiger charge is 2.14. The molecule has 0 aromatic carbocycles. The van der Waals surface area contributed by atoms with Crippen LogP contribution in [-0.2, 0) is 4.74 Å². The van der Waals surface area contributed by atoms with Gasteiger partial charge in [0.15, 0.2) is 5.82 Å². The summed E-state index contributed by atoms with van der Waals surface area (Å²) in [5.74, 6) is 1.06. The first kappa shape index (κ1) is 11.1. The molecule has 0 aliphatic carbocycles. The summed E-state index contributed by atoms with van der Waals surface area (Å²) in [6.45, 7) is 1.41. The highest BCUT2D eigenvalue weighted by molar-refractivity contribution is 4.90. The molecule has 1 aromatic rings. The zero-order valence-corrected chi connectivity index (χ0v) is 8.44. The minimum absolute atomic E-state index is 0.300. The molecule has 6 nitrogen and oxygen atoms in total. The second-order valence-electron chi connectivity index (χ2n) is 3.18. The Hall–Kier alpha value is -1.01. The average molecular weight is 199 g/mol. The number of ether oxygens (including phenoxy) is 1. The van der Waals surface area contributed by atoms with Crippen LogP contribution in [0.1, 0.15) is 31.0 Å². The molecule has 0 saturated carbocycles. The van der Waals surface area contributed by atoms with Gasteiger partial charge < -0.3 is 10.5 Å². The van der Waals surface area contributed by atoms with Crippen molar-refractivity contribution in [3.8, 4) is 0 Å². The number of nitrogens with one attached hydrogen (secondary N) is 1. The number of methoxy groups -OCH3 is 1. The lowest BCUT2D eigenvalue weighted by Gasteiger charge is -2.10. The van der Waals surface area contributed by atoms with E-state index in [0.29, 0.717) is 12.5 Å². The van der Waals surface area contributed by atoms with Gasteiger partial charge in [-0.3, -0.25) is 0 Å². The van der Waals surface area contributed by atoms with E-state index in [-0.39, 0.29) is 0 Å². The van der Waals surface area contributed by atoms with Gasteiger partial charge in [0.25, 0.3) is 0 Å². The molecule has 0 aliphatic rings. The Morgan fingerprint density at radius 1 is 1.50 bits per heavy atom. The zero-order valence-electron chi connectivity index (χ0n) is 8.44. The van der Waals surface area contributed by atoms with Crippen molar-refractivity contribution >= 4 is 0 Å². The van der Waals surface area contributed by atoms with Crippen LogP contribution in [0.15, 0.2) is 0 Å². The molecule has 1 aromatic heterocycles. The molecule has 1 atom stereocenters. The predicted octanol–water partition coefficient (Wildman–Crippen LogP) is 0.0587. The van der Waals surface area contributed by atoms with E-state index in [9.17, 15) is 0 Å². The summed E-state index contributed by atoms with van der Waals surface area (Å²) in [7, 11) is 1.70. The van der Waals surface area contributed by atoms with Gasteiger partial charge in [-0.1, -0.05) is 5.21 Å². The van der Waals surface area contributed by atoms with Crippen molar-refractivity contribution in [2.75, 3.05) is 20.3 Å². The molecule has 80 valence electrons. The van der Waals surface area contributed by atoms with Crippen molar-refractivity contribution in [2.45, 2.75) is 25.2 Å². The van der Waals surface area contributed by atoms with Crippen molar-refractivity contribution in [1.82, 2.24) is 20.6 Å². The van der Waals surface area contributed by atoms with Gasteiger partial charge in [0.1, 0.15) is 0 Å². The normalized spacial score (nSPS) is 13.0. The fraction of sp³-hybridized carbons (Fsp3) is 0.875. The molecule has 1 unspecified atom stereocenters. The highest BCUT2D eigenvalue weighted by Crippen LogP contribution is 2.19. The van der Waals surface area contributed by atoms with Crippen LogP contribution >= 0.6 is 0 Å². The van der Waals surface area contributed by atoms with Gasteiger partial charge in [-0.15, -0.1) is 10.2 Å². The molecule has 0 radical (unpaired) electrons. The summed E-state index contributed by atoms with van der Waals surface area (Å²) in [6, 6.07) is 0. The molecule has 6 heteroatoms. The number of aromatic nitrogens is 4. The number of hydrogen-bond acceptors (Lipinski definition) is 5. The Morgan fingerprint density at radius 2 is 2.36 bits per heavy atom. The van der Waals surface area contributed by atoms with Gasteiger partial charge >= 0.3 is 0 Å². The van der Waals surface area contributed by atoms with Crippen LogP contribution in [0, 0.1) is 0 Å². The van der Waals surface area contributed by atoms with Gasteiger partial charge in [0, 0.05) is 19.6 Å². The number of nitrogens with two attached hydrogens (primary N) is 1. The van der Waals surface area contributed by atoms with E-state index in [1.165, 1.54) is 0 Å². The van der Waals surface area contributed by atoms with Crippen LogP contribution in [0.4, 0.5) is 0 Å². The van der Waals surface area contributed by atoms with Crippen molar-refractivity contribution < 1.29 is 4.74 Å². The van der Waals surface area contributed by atoms with Crippen LogP contribution in [0.2, 0.25) is 0 Å². The van der Waals surface area contributed by atoms with Crippen molar-refractivity contribution in [2.24, 2.45) is 5.73 Å². The number of H-pyrrole nitrogens is 1. The molecule has 0 bridgehead atoms. The highest BCUT2D eigenvalue weighted by atomic mass is 16.5. The third-order valence-electron chi connectivity index (χ3n) is 2.14. The van der Waals surface area contributed by atoms with Gasteiger partial charge in [-0.2, -0.15) is 5.21 Å². The summed E-state index contributed by atoms with van der Waals surface area (Å²) >= 11 is 0. The Labute approximate surface area is 83.2 Å². The number of nitrogens with zero attached hydrogens (tertiary/aromatic N) is 3. The lowest BCUT2D eigenvalue weighted by Crippen LogP contribution is -2.10. The van der Waals surface area contributed by atoms with Crippen molar-refractivity contribution in [1.29, 1.82) is 0 Å². The number of hydrogen-bond donors (Lipinski definition) is 2. The Kier molecular flexibility index (Phi) is 5.09. The average Bonchev–Trinajstić information content (AvgIpc) is 2.70. The molecule has 0 spiro atoms. The standard InChI is InChI=1S/C8H17N5O/c1-14-6-2-3-7(4-5-9)8-10-12-13-11-8/h7H,2-6,9H2,1H3,(H,10,11,12,13). The van der Waals surface area contributed by atoms with Crippen LogP contribution in [0.3, 0.4) is 0 Å². The first-order valence-electron chi connectivity index (χ1n) is 4.80. The molecule has 0 saturated heterocycles. The first-order chi connectivity index (χ1) is 6.88. The third-order valence-corrected chi connectivity index (χ3v) is 2.14. The van der Waals surface area contributed by atoms with E-state index in [2.05, 4.69) is 20.6 Å². The molecule has 3 N–H and O–H groups in total. The summed E-state index contributed by atoms with van der Waals surface area (Å²) in [6.07, 6.45) is 2.88. The number of rotatable bonds is 7. The van der Waals surface area contributed by atoms with E-state index in [0.717, 1.165) is 31.7 Å². The Bertz CT molecular complexity index is 226. The summed E-state index contributed by atoms with van der Waals surface area (Å²) in [4.78, 5) is 0. The van der Waals surface area contributed by atoms with Crippen molar-refractivity contribution in [3.05, 3.63) is 5.82 Å². The molecule has 1 rings (SSSR count). The van der Waals surface area contributed by atoms with E-state index in [4.69, 9.17) is 10.5 Å². The van der Waals surface area contributed by atoms with Crippen LogP contribution < -0.4 is 5.73 Å². The topological polar surface area (TPSA) is 89.7 Å². The van der Waals surface area contributed by atoms with Crippen molar-refractivity contribution in [3.63, 3.8) is 0 Å². The Morgan fingerprint density at radius 3 is 2.93 bits per heavy atom. The monoisotopic (exact) mass is 199 g/mol. The number of tetrazole rings is 1. The van der Waals surface area contributed by atoms with Gasteiger partial charge in [0.2, 0.25) is 0 Å². The summed E-state index contributed by atoms with van der Waals surface area (Å²) < 4.78 is 4.99. The maximum Gasteiger partial charge on any atom is 0.177 e. The second kappa shape index (κ2) is 6.44. The molecule has 0 aliphatic heterocycles. The van der Waals surface area contributed by atoms with Crippen LogP contribution in [-0.4, -0.2) is 40.9 Å². The molecule has 0 fully saturated rings. The fourth-order valence-corrected chi connectivity index (χ4v) is 1.42. The smallest absolute Gasteiger partial charge is 0.177 e. The van der Waals surface area contributed by atoms with E-state index < -0.39 is 0 Å². The maximum atomic E-state index is 5.52. The van der Waals surface area contributed by atoms with Crippen LogP contribution in [0.25, 0.3) is 0 Å². The van der Waals surface area contributed by atoms with E-state index in [1.807, 2.05) is 0 Å². The molecular formula is C8H17N5O. The van der Waals surface area contributed by atoms with Gasteiger partial charge in [-0.25, -0.2) is 0 Å². The zero-order chi connectivity index (χ0) is 10.2. The number of aromatic amines is 1. The summed E-state index contributed by atoms with van der Waals surface area (Å²) in [5.41, 5.74) is 5.52. The predicted molar refractivity (Wildman–Crippen MR) is 51.7 cm³/mol. The quantitative estimate of drug-likeness (QED) is 0.606. The molecule has 14 heavy (non-hydrogen) atoms. The second-order valence-corrected chi connectivity index (χ2v) is 3.18. The lowest BCUT2D eigenvalue weighted by molar-refractivity contribution is 0.189. The molecular weight excluding hydrogens is 182 g/mol. The lowest BCUT2D eigenvalue weighted by atomic mass is 9.99. The first-order valence-corrected chi connectivity index (χ1v) is 4.80. The largest absolute Gasteiger partial charge is 0.385 e. The van der Waals surface area contributed by atoms with Gasteiger partial charge in [-0.05, 0) is 25.8 Å².